The third-order valence-corrected chi connectivity index (χ3v) is 6.64. The lowest BCUT2D eigenvalue weighted by Crippen LogP contribution is -2.68. The van der Waals surface area contributed by atoms with Crippen molar-refractivity contribution >= 4 is 21.9 Å². The molecule has 3 saturated carbocycles. The smallest absolute Gasteiger partial charge is 0.309 e. The zero-order valence-electron chi connectivity index (χ0n) is 13.0. The standard InChI is InChI=1S/C18H21BrFNO2/c19-13-1-2-14(15(20)7-13)12-3-5-21(6-4-12)11-17-8-18(9-17,10-17)16(22)23/h1-2,7,12H,3-6,8-11H2,(H,22,23). The van der Waals surface area contributed by atoms with Gasteiger partial charge in [0, 0.05) is 11.0 Å². The third kappa shape index (κ3) is 2.52. The Morgan fingerprint density at radius 2 is 1.96 bits per heavy atom. The van der Waals surface area contributed by atoms with Crippen molar-refractivity contribution in [2.75, 3.05) is 19.6 Å². The second-order valence-electron chi connectivity index (χ2n) is 7.83. The molecule has 0 amide bonds. The number of aliphatic carboxylic acids is 1. The molecule has 1 saturated heterocycles. The van der Waals surface area contributed by atoms with Gasteiger partial charge in [0.1, 0.15) is 5.82 Å². The molecule has 0 aromatic heterocycles. The highest BCUT2D eigenvalue weighted by molar-refractivity contribution is 9.10. The van der Waals surface area contributed by atoms with Gasteiger partial charge in [-0.15, -0.1) is 0 Å². The lowest BCUT2D eigenvalue weighted by atomic mass is 9.35. The molecule has 5 heteroatoms. The van der Waals surface area contributed by atoms with Gasteiger partial charge in [-0.2, -0.15) is 0 Å². The second kappa shape index (κ2) is 5.28. The van der Waals surface area contributed by atoms with Crippen LogP contribution in [-0.4, -0.2) is 35.6 Å². The molecule has 0 spiro atoms. The summed E-state index contributed by atoms with van der Waals surface area (Å²) in [5, 5.41) is 9.20. The summed E-state index contributed by atoms with van der Waals surface area (Å²) in [6.07, 6.45) is 4.54. The molecule has 1 aliphatic heterocycles. The highest BCUT2D eigenvalue weighted by Crippen LogP contribution is 2.73. The Balaban J connectivity index is 1.31. The van der Waals surface area contributed by atoms with Crippen molar-refractivity contribution in [1.82, 2.24) is 4.90 Å². The van der Waals surface area contributed by atoms with Crippen molar-refractivity contribution in [2.24, 2.45) is 10.8 Å². The minimum absolute atomic E-state index is 0.111. The van der Waals surface area contributed by atoms with E-state index >= 15 is 0 Å². The number of carboxylic acid groups (broad SMARTS) is 1. The van der Waals surface area contributed by atoms with Gasteiger partial charge in [-0.3, -0.25) is 4.79 Å². The summed E-state index contributed by atoms with van der Waals surface area (Å²) in [6.45, 7) is 3.00. The number of carboxylic acids is 1. The van der Waals surface area contributed by atoms with E-state index in [1.165, 1.54) is 0 Å². The van der Waals surface area contributed by atoms with E-state index in [1.807, 2.05) is 12.1 Å². The largest absolute Gasteiger partial charge is 0.481 e. The van der Waals surface area contributed by atoms with Gasteiger partial charge < -0.3 is 10.0 Å². The Bertz CT molecular complexity index is 635. The van der Waals surface area contributed by atoms with Crippen LogP contribution in [0.5, 0.6) is 0 Å². The second-order valence-corrected chi connectivity index (χ2v) is 8.75. The maximum Gasteiger partial charge on any atom is 0.309 e. The summed E-state index contributed by atoms with van der Waals surface area (Å²) in [6, 6.07) is 5.37. The van der Waals surface area contributed by atoms with E-state index in [-0.39, 0.29) is 16.6 Å². The summed E-state index contributed by atoms with van der Waals surface area (Å²) < 4.78 is 14.9. The summed E-state index contributed by atoms with van der Waals surface area (Å²) in [4.78, 5) is 13.6. The molecule has 2 bridgehead atoms. The van der Waals surface area contributed by atoms with Crippen LogP contribution in [-0.2, 0) is 4.79 Å². The van der Waals surface area contributed by atoms with Crippen molar-refractivity contribution in [3.63, 3.8) is 0 Å². The van der Waals surface area contributed by atoms with Crippen LogP contribution >= 0.6 is 15.9 Å². The topological polar surface area (TPSA) is 40.5 Å². The Hall–Kier alpha value is -0.940. The summed E-state index contributed by atoms with van der Waals surface area (Å²) in [5.41, 5.74) is 0.732. The molecule has 1 N–H and O–H groups in total. The predicted octanol–water partition coefficient (Wildman–Crippen LogP) is 4.02. The van der Waals surface area contributed by atoms with Crippen molar-refractivity contribution in [2.45, 2.75) is 38.0 Å². The number of hydrogen-bond donors (Lipinski definition) is 1. The molecule has 3 aliphatic carbocycles. The van der Waals surface area contributed by atoms with E-state index in [2.05, 4.69) is 20.8 Å². The molecule has 5 rings (SSSR count). The minimum Gasteiger partial charge on any atom is -0.481 e. The van der Waals surface area contributed by atoms with Crippen molar-refractivity contribution in [3.05, 3.63) is 34.1 Å². The SMILES string of the molecule is O=C(O)C12CC(CN3CCC(c4ccc(Br)cc4F)CC3)(C1)C2. The maximum absolute atomic E-state index is 14.1. The van der Waals surface area contributed by atoms with E-state index in [1.54, 1.807) is 6.07 Å². The molecule has 0 atom stereocenters. The van der Waals surface area contributed by atoms with E-state index in [0.29, 0.717) is 5.92 Å². The Labute approximate surface area is 144 Å². The quantitative estimate of drug-likeness (QED) is 0.855. The van der Waals surface area contributed by atoms with Gasteiger partial charge in [-0.1, -0.05) is 22.0 Å². The molecule has 1 aromatic carbocycles. The first-order valence-electron chi connectivity index (χ1n) is 8.32. The first kappa shape index (κ1) is 15.6. The highest BCUT2D eigenvalue weighted by atomic mass is 79.9. The van der Waals surface area contributed by atoms with Crippen LogP contribution in [0.4, 0.5) is 4.39 Å². The average molecular weight is 382 g/mol. The molecule has 1 aromatic rings. The number of halogens is 2. The fourth-order valence-electron chi connectivity index (χ4n) is 5.10. The number of likely N-dealkylation sites (tertiary alicyclic amines) is 1. The van der Waals surface area contributed by atoms with Crippen molar-refractivity contribution < 1.29 is 14.3 Å². The lowest BCUT2D eigenvalue weighted by Gasteiger charge is -2.69. The lowest BCUT2D eigenvalue weighted by molar-refractivity contribution is -0.228. The van der Waals surface area contributed by atoms with Gasteiger partial charge in [0.15, 0.2) is 0 Å². The third-order valence-electron chi connectivity index (χ3n) is 6.14. The van der Waals surface area contributed by atoms with Crippen LogP contribution in [0.25, 0.3) is 0 Å². The van der Waals surface area contributed by atoms with Crippen LogP contribution in [0, 0.1) is 16.6 Å². The summed E-state index contributed by atoms with van der Waals surface area (Å²) in [7, 11) is 0. The zero-order valence-corrected chi connectivity index (χ0v) is 14.6. The maximum atomic E-state index is 14.1. The number of carbonyl (C=O) groups is 1. The van der Waals surface area contributed by atoms with Crippen LogP contribution in [0.15, 0.2) is 22.7 Å². The molecule has 3 nitrogen and oxygen atoms in total. The van der Waals surface area contributed by atoms with E-state index in [4.69, 9.17) is 0 Å². The fraction of sp³-hybridized carbons (Fsp3) is 0.611. The predicted molar refractivity (Wildman–Crippen MR) is 88.9 cm³/mol. The first-order valence-corrected chi connectivity index (χ1v) is 9.12. The summed E-state index contributed by atoms with van der Waals surface area (Å²) >= 11 is 3.31. The normalized spacial score (nSPS) is 33.8. The first-order chi connectivity index (χ1) is 10.9. The molecule has 23 heavy (non-hydrogen) atoms. The van der Waals surface area contributed by atoms with Crippen molar-refractivity contribution in [3.8, 4) is 0 Å². The van der Waals surface area contributed by atoms with E-state index < -0.39 is 5.97 Å². The highest BCUT2D eigenvalue weighted by Gasteiger charge is 2.71. The van der Waals surface area contributed by atoms with Crippen LogP contribution in [0.1, 0.15) is 43.6 Å². The average Bonchev–Trinajstić information content (AvgIpc) is 2.42. The molecule has 0 unspecified atom stereocenters. The Kier molecular flexibility index (Phi) is 3.58. The van der Waals surface area contributed by atoms with E-state index in [0.717, 1.165) is 61.8 Å². The Morgan fingerprint density at radius 3 is 2.52 bits per heavy atom. The monoisotopic (exact) mass is 381 g/mol. The van der Waals surface area contributed by atoms with Gasteiger partial charge in [-0.25, -0.2) is 4.39 Å². The molecule has 4 fully saturated rings. The van der Waals surface area contributed by atoms with Gasteiger partial charge >= 0.3 is 5.97 Å². The number of piperidine rings is 1. The Morgan fingerprint density at radius 1 is 1.30 bits per heavy atom. The number of hydrogen-bond acceptors (Lipinski definition) is 2. The van der Waals surface area contributed by atoms with Gasteiger partial charge in [0.2, 0.25) is 0 Å². The molecule has 4 aliphatic rings. The fourth-order valence-corrected chi connectivity index (χ4v) is 5.43. The van der Waals surface area contributed by atoms with Gasteiger partial charge in [-0.05, 0) is 74.2 Å². The van der Waals surface area contributed by atoms with Gasteiger partial charge in [0.25, 0.3) is 0 Å². The molecule has 1 heterocycles. The summed E-state index contributed by atoms with van der Waals surface area (Å²) in [5.74, 6) is -0.415. The van der Waals surface area contributed by atoms with Gasteiger partial charge in [0.05, 0.1) is 5.41 Å². The van der Waals surface area contributed by atoms with Crippen LogP contribution in [0.2, 0.25) is 0 Å². The van der Waals surface area contributed by atoms with Crippen LogP contribution < -0.4 is 0 Å². The molecule has 124 valence electrons. The van der Waals surface area contributed by atoms with Crippen LogP contribution in [0.3, 0.4) is 0 Å². The number of rotatable bonds is 4. The number of nitrogens with zero attached hydrogens (tertiary/aromatic N) is 1. The molecular formula is C18H21BrFNO2. The van der Waals surface area contributed by atoms with E-state index in [9.17, 15) is 14.3 Å². The number of benzene rings is 1. The molecular weight excluding hydrogens is 361 g/mol. The van der Waals surface area contributed by atoms with Crippen molar-refractivity contribution in [1.29, 1.82) is 0 Å². The zero-order chi connectivity index (χ0) is 16.2. The minimum atomic E-state index is -0.608. The molecule has 0 radical (unpaired) electrons.